The van der Waals surface area contributed by atoms with Gasteiger partial charge in [0.05, 0.1) is 5.60 Å². The van der Waals surface area contributed by atoms with Gasteiger partial charge in [-0.1, -0.05) is 39.5 Å². The molecule has 2 heterocycles. The Hall–Kier alpha value is -0.0800. The molecule has 0 radical (unpaired) electrons. The summed E-state index contributed by atoms with van der Waals surface area (Å²) in [4.78, 5) is 0. The van der Waals surface area contributed by atoms with Crippen LogP contribution in [0.5, 0.6) is 0 Å². The monoisotopic (exact) mass is 239 g/mol. The molecule has 0 aromatic rings. The molecule has 2 aliphatic rings. The van der Waals surface area contributed by atoms with E-state index < -0.39 is 0 Å². The van der Waals surface area contributed by atoms with Crippen LogP contribution in [0.2, 0.25) is 0 Å². The van der Waals surface area contributed by atoms with E-state index in [0.29, 0.717) is 12.1 Å². The zero-order chi connectivity index (χ0) is 12.3. The maximum Gasteiger partial charge on any atom is 0.0680 e. The van der Waals surface area contributed by atoms with Crippen LogP contribution in [0.4, 0.5) is 0 Å². The van der Waals surface area contributed by atoms with Gasteiger partial charge in [-0.15, -0.1) is 0 Å². The van der Waals surface area contributed by atoms with Crippen LogP contribution < -0.4 is 5.32 Å². The highest BCUT2D eigenvalue weighted by Gasteiger charge is 2.42. The third-order valence-electron chi connectivity index (χ3n) is 4.80. The summed E-state index contributed by atoms with van der Waals surface area (Å²) >= 11 is 0. The molecule has 2 aliphatic heterocycles. The lowest BCUT2D eigenvalue weighted by Gasteiger charge is -2.39. The number of rotatable bonds is 6. The summed E-state index contributed by atoms with van der Waals surface area (Å²) in [5, 5.41) is 14.4. The fourth-order valence-corrected chi connectivity index (χ4v) is 3.87. The first kappa shape index (κ1) is 13.4. The second-order valence-corrected chi connectivity index (χ2v) is 6.39. The SMILES string of the molecule is CCCCC(CC)CC1(O)CC2CCC(C1)N2. The van der Waals surface area contributed by atoms with Gasteiger partial charge in [-0.05, 0) is 38.0 Å². The van der Waals surface area contributed by atoms with Crippen LogP contribution in [0.15, 0.2) is 0 Å². The van der Waals surface area contributed by atoms with Gasteiger partial charge in [-0.25, -0.2) is 0 Å². The largest absolute Gasteiger partial charge is 0.390 e. The predicted octanol–water partition coefficient (Wildman–Crippen LogP) is 3.24. The molecule has 0 aromatic heterocycles. The minimum absolute atomic E-state index is 0.356. The topological polar surface area (TPSA) is 32.3 Å². The molecule has 3 unspecified atom stereocenters. The van der Waals surface area contributed by atoms with Gasteiger partial charge in [0.1, 0.15) is 0 Å². The summed E-state index contributed by atoms with van der Waals surface area (Å²) in [5.74, 6) is 0.734. The van der Waals surface area contributed by atoms with Crippen molar-refractivity contribution >= 4 is 0 Å². The van der Waals surface area contributed by atoms with E-state index in [2.05, 4.69) is 19.2 Å². The van der Waals surface area contributed by atoms with Gasteiger partial charge < -0.3 is 10.4 Å². The van der Waals surface area contributed by atoms with Gasteiger partial charge in [0, 0.05) is 12.1 Å². The number of nitrogens with one attached hydrogen (secondary N) is 1. The molecule has 0 aliphatic carbocycles. The molecule has 3 atom stereocenters. The van der Waals surface area contributed by atoms with Gasteiger partial charge in [-0.2, -0.15) is 0 Å². The van der Waals surface area contributed by atoms with Crippen LogP contribution in [-0.4, -0.2) is 22.8 Å². The predicted molar refractivity (Wildman–Crippen MR) is 72.1 cm³/mol. The third kappa shape index (κ3) is 3.45. The zero-order valence-electron chi connectivity index (χ0n) is 11.5. The Morgan fingerprint density at radius 3 is 2.41 bits per heavy atom. The molecule has 17 heavy (non-hydrogen) atoms. The Kier molecular flexibility index (Phi) is 4.48. The molecule has 0 aromatic carbocycles. The van der Waals surface area contributed by atoms with Crippen molar-refractivity contribution in [2.75, 3.05) is 0 Å². The van der Waals surface area contributed by atoms with Crippen molar-refractivity contribution in [2.24, 2.45) is 5.92 Å². The molecule has 100 valence electrons. The first-order chi connectivity index (χ1) is 8.15. The van der Waals surface area contributed by atoms with Gasteiger partial charge >= 0.3 is 0 Å². The van der Waals surface area contributed by atoms with Crippen LogP contribution in [0.3, 0.4) is 0 Å². The summed E-state index contributed by atoms with van der Waals surface area (Å²) in [6.07, 6.45) is 10.7. The Labute approximate surface area is 106 Å². The lowest BCUT2D eigenvalue weighted by molar-refractivity contribution is -0.0284. The van der Waals surface area contributed by atoms with Crippen molar-refractivity contribution in [3.05, 3.63) is 0 Å². The number of unbranched alkanes of at least 4 members (excludes halogenated alkanes) is 1. The Morgan fingerprint density at radius 2 is 1.88 bits per heavy atom. The smallest absolute Gasteiger partial charge is 0.0680 e. The van der Waals surface area contributed by atoms with Crippen molar-refractivity contribution in [3.63, 3.8) is 0 Å². The molecule has 0 saturated carbocycles. The van der Waals surface area contributed by atoms with Crippen LogP contribution in [0, 0.1) is 5.92 Å². The highest BCUT2D eigenvalue weighted by Crippen LogP contribution is 2.39. The first-order valence-corrected chi connectivity index (χ1v) is 7.63. The molecule has 2 fully saturated rings. The van der Waals surface area contributed by atoms with Crippen molar-refractivity contribution in [1.82, 2.24) is 5.32 Å². The summed E-state index contributed by atoms with van der Waals surface area (Å²) in [5.41, 5.74) is -0.356. The van der Waals surface area contributed by atoms with E-state index >= 15 is 0 Å². The molecule has 0 spiro atoms. The fraction of sp³-hybridized carbons (Fsp3) is 1.00. The van der Waals surface area contributed by atoms with Crippen LogP contribution in [0.1, 0.15) is 71.6 Å². The molecular formula is C15H29NO. The number of aliphatic hydroxyl groups is 1. The maximum absolute atomic E-state index is 10.8. The van der Waals surface area contributed by atoms with Crippen LogP contribution in [0.25, 0.3) is 0 Å². The van der Waals surface area contributed by atoms with Crippen molar-refractivity contribution in [1.29, 1.82) is 0 Å². The summed E-state index contributed by atoms with van der Waals surface area (Å²) in [7, 11) is 0. The zero-order valence-corrected chi connectivity index (χ0v) is 11.5. The molecule has 2 heteroatoms. The molecular weight excluding hydrogens is 210 g/mol. The average molecular weight is 239 g/mol. The molecule has 2 rings (SSSR count). The van der Waals surface area contributed by atoms with E-state index in [9.17, 15) is 5.11 Å². The summed E-state index contributed by atoms with van der Waals surface area (Å²) in [6.45, 7) is 4.53. The minimum Gasteiger partial charge on any atom is -0.390 e. The van der Waals surface area contributed by atoms with Crippen molar-refractivity contribution < 1.29 is 5.11 Å². The van der Waals surface area contributed by atoms with E-state index in [4.69, 9.17) is 0 Å². The second-order valence-electron chi connectivity index (χ2n) is 6.39. The molecule has 2 nitrogen and oxygen atoms in total. The maximum atomic E-state index is 10.8. The van der Waals surface area contributed by atoms with Crippen molar-refractivity contribution in [3.8, 4) is 0 Å². The van der Waals surface area contributed by atoms with Gasteiger partial charge in [0.25, 0.3) is 0 Å². The van der Waals surface area contributed by atoms with Gasteiger partial charge in [-0.3, -0.25) is 0 Å². The highest BCUT2D eigenvalue weighted by molar-refractivity contribution is 5.00. The molecule has 2 saturated heterocycles. The number of fused-ring (bicyclic) bond motifs is 2. The Balaban J connectivity index is 1.87. The Bertz CT molecular complexity index is 229. The molecule has 0 amide bonds. The molecule has 2 N–H and O–H groups in total. The van der Waals surface area contributed by atoms with Crippen molar-refractivity contribution in [2.45, 2.75) is 89.3 Å². The fourth-order valence-electron chi connectivity index (χ4n) is 3.87. The third-order valence-corrected chi connectivity index (χ3v) is 4.80. The highest BCUT2D eigenvalue weighted by atomic mass is 16.3. The lowest BCUT2D eigenvalue weighted by atomic mass is 9.78. The molecule has 2 bridgehead atoms. The van der Waals surface area contributed by atoms with Crippen LogP contribution >= 0.6 is 0 Å². The van der Waals surface area contributed by atoms with Crippen LogP contribution in [-0.2, 0) is 0 Å². The standard InChI is InChI=1S/C15H29NO/c1-3-5-6-12(4-2)9-15(17)10-13-7-8-14(11-15)16-13/h12-14,16-17H,3-11H2,1-2H3. The van der Waals surface area contributed by atoms with Gasteiger partial charge in [0.15, 0.2) is 0 Å². The van der Waals surface area contributed by atoms with E-state index in [0.717, 1.165) is 25.2 Å². The van der Waals surface area contributed by atoms with Gasteiger partial charge in [0.2, 0.25) is 0 Å². The van der Waals surface area contributed by atoms with E-state index in [1.165, 1.54) is 38.5 Å². The number of hydrogen-bond donors (Lipinski definition) is 2. The summed E-state index contributed by atoms with van der Waals surface area (Å²) < 4.78 is 0. The minimum atomic E-state index is -0.356. The quantitative estimate of drug-likeness (QED) is 0.746. The number of hydrogen-bond acceptors (Lipinski definition) is 2. The van der Waals surface area contributed by atoms with E-state index in [1.54, 1.807) is 0 Å². The van der Waals surface area contributed by atoms with E-state index in [1.807, 2.05) is 0 Å². The Morgan fingerprint density at radius 1 is 1.24 bits per heavy atom. The lowest BCUT2D eigenvalue weighted by Crippen LogP contribution is -2.49. The first-order valence-electron chi connectivity index (χ1n) is 7.63. The average Bonchev–Trinajstić information content (AvgIpc) is 2.64. The normalized spacial score (nSPS) is 38.3. The number of piperidine rings is 1. The van der Waals surface area contributed by atoms with E-state index in [-0.39, 0.29) is 5.60 Å². The second kappa shape index (κ2) is 5.71. The summed E-state index contributed by atoms with van der Waals surface area (Å²) in [6, 6.07) is 1.20.